The molecular formula is C10H8F5NO3. The van der Waals surface area contributed by atoms with E-state index in [2.05, 4.69) is 14.5 Å². The van der Waals surface area contributed by atoms with E-state index in [4.69, 9.17) is 0 Å². The maximum Gasteiger partial charge on any atom is 0.434 e. The quantitative estimate of drug-likeness (QED) is 0.633. The Hall–Kier alpha value is -1.93. The van der Waals surface area contributed by atoms with Crippen LogP contribution in [-0.4, -0.2) is 25.2 Å². The van der Waals surface area contributed by atoms with Crippen molar-refractivity contribution in [1.29, 1.82) is 0 Å². The second kappa shape index (κ2) is 5.37. The van der Waals surface area contributed by atoms with Crippen molar-refractivity contribution in [1.82, 2.24) is 4.98 Å². The van der Waals surface area contributed by atoms with Gasteiger partial charge >= 0.3 is 12.1 Å². The lowest BCUT2D eigenvalue weighted by Gasteiger charge is -2.15. The Kier molecular flexibility index (Phi) is 4.28. The van der Waals surface area contributed by atoms with Crippen LogP contribution in [0.2, 0.25) is 0 Å². The van der Waals surface area contributed by atoms with Crippen LogP contribution in [-0.2, 0) is 10.9 Å². The van der Waals surface area contributed by atoms with Gasteiger partial charge in [-0.05, 0) is 0 Å². The van der Waals surface area contributed by atoms with E-state index >= 15 is 0 Å². The van der Waals surface area contributed by atoms with Gasteiger partial charge in [0.05, 0.1) is 25.3 Å². The van der Waals surface area contributed by atoms with Crippen molar-refractivity contribution in [3.63, 3.8) is 0 Å². The van der Waals surface area contributed by atoms with E-state index in [1.165, 1.54) is 0 Å². The highest BCUT2D eigenvalue weighted by Crippen LogP contribution is 2.38. The number of rotatable bonds is 3. The Bertz CT molecular complexity index is 487. The number of methoxy groups -OCH3 is 2. The number of hydrogen-bond donors (Lipinski definition) is 0. The lowest BCUT2D eigenvalue weighted by atomic mass is 10.1. The fourth-order valence-electron chi connectivity index (χ4n) is 1.35. The van der Waals surface area contributed by atoms with Crippen LogP contribution in [0.4, 0.5) is 22.0 Å². The predicted octanol–water partition coefficient (Wildman–Crippen LogP) is 2.83. The molecule has 0 fully saturated rings. The Morgan fingerprint density at radius 3 is 2.26 bits per heavy atom. The van der Waals surface area contributed by atoms with Crippen LogP contribution in [0.1, 0.15) is 28.0 Å². The number of nitrogens with zero attached hydrogens (tertiary/aromatic N) is 1. The summed E-state index contributed by atoms with van der Waals surface area (Å²) in [5.41, 5.74) is -4.33. The van der Waals surface area contributed by atoms with Crippen LogP contribution in [0.15, 0.2) is 6.07 Å². The summed E-state index contributed by atoms with van der Waals surface area (Å²) in [4.78, 5) is 14.2. The molecule has 0 unspecified atom stereocenters. The summed E-state index contributed by atoms with van der Waals surface area (Å²) in [6.45, 7) is 0. The first-order chi connectivity index (χ1) is 8.72. The van der Waals surface area contributed by atoms with Crippen molar-refractivity contribution < 1.29 is 36.2 Å². The molecule has 0 atom stereocenters. The molecule has 0 spiro atoms. The molecule has 0 amide bonds. The SMILES string of the molecule is COC(=O)c1cc(OC)nc(C(F)(F)F)c1C(F)F. The first kappa shape index (κ1) is 15.1. The second-order valence-corrected chi connectivity index (χ2v) is 3.26. The van der Waals surface area contributed by atoms with Crippen molar-refractivity contribution in [3.8, 4) is 5.88 Å². The molecule has 0 aliphatic rings. The minimum atomic E-state index is -5.15. The molecule has 1 rings (SSSR count). The molecule has 0 bridgehead atoms. The summed E-state index contributed by atoms with van der Waals surface area (Å²) in [6.07, 6.45) is -8.69. The van der Waals surface area contributed by atoms with E-state index in [0.717, 1.165) is 14.2 Å². The third kappa shape index (κ3) is 3.09. The molecular weight excluding hydrogens is 277 g/mol. The van der Waals surface area contributed by atoms with E-state index in [1.807, 2.05) is 0 Å². The second-order valence-electron chi connectivity index (χ2n) is 3.26. The summed E-state index contributed by atoms with van der Waals surface area (Å²) in [5, 5.41) is 0. The van der Waals surface area contributed by atoms with E-state index in [1.54, 1.807) is 0 Å². The standard InChI is InChI=1S/C10H8F5NO3/c1-18-5-3-4(9(17)19-2)6(8(11)12)7(16-5)10(13,14)15/h3,8H,1-2H3. The summed E-state index contributed by atoms with van der Waals surface area (Å²) in [7, 11) is 1.85. The molecule has 1 heterocycles. The van der Waals surface area contributed by atoms with Gasteiger partial charge in [0.1, 0.15) is 0 Å². The number of carbonyl (C=O) groups excluding carboxylic acids is 1. The Morgan fingerprint density at radius 1 is 1.32 bits per heavy atom. The maximum atomic E-state index is 12.8. The molecule has 0 N–H and O–H groups in total. The minimum absolute atomic E-state index is 0.614. The molecule has 0 saturated carbocycles. The lowest BCUT2D eigenvalue weighted by Crippen LogP contribution is -2.18. The summed E-state index contributed by atoms with van der Waals surface area (Å²) >= 11 is 0. The van der Waals surface area contributed by atoms with Crippen LogP contribution < -0.4 is 4.74 Å². The average molecular weight is 285 g/mol. The van der Waals surface area contributed by atoms with Gasteiger partial charge in [0.15, 0.2) is 5.69 Å². The zero-order chi connectivity index (χ0) is 14.8. The fraction of sp³-hybridized carbons (Fsp3) is 0.400. The normalized spacial score (nSPS) is 11.6. The number of alkyl halides is 5. The number of hydrogen-bond acceptors (Lipinski definition) is 4. The number of aromatic nitrogens is 1. The van der Waals surface area contributed by atoms with E-state index in [0.29, 0.717) is 6.07 Å². The predicted molar refractivity (Wildman–Crippen MR) is 52.1 cm³/mol. The highest BCUT2D eigenvalue weighted by molar-refractivity contribution is 5.91. The zero-order valence-electron chi connectivity index (χ0n) is 9.72. The van der Waals surface area contributed by atoms with Crippen LogP contribution in [0.5, 0.6) is 5.88 Å². The van der Waals surface area contributed by atoms with Gasteiger partial charge in [0.2, 0.25) is 5.88 Å². The highest BCUT2D eigenvalue weighted by atomic mass is 19.4. The molecule has 9 heteroatoms. The monoisotopic (exact) mass is 285 g/mol. The Labute approximate surface area is 104 Å². The van der Waals surface area contributed by atoms with Crippen molar-refractivity contribution >= 4 is 5.97 Å². The molecule has 1 aromatic rings. The van der Waals surface area contributed by atoms with Gasteiger partial charge in [-0.25, -0.2) is 18.6 Å². The van der Waals surface area contributed by atoms with Gasteiger partial charge in [-0.3, -0.25) is 0 Å². The van der Waals surface area contributed by atoms with Crippen LogP contribution in [0.25, 0.3) is 0 Å². The minimum Gasteiger partial charge on any atom is -0.481 e. The number of ether oxygens (including phenoxy) is 2. The Morgan fingerprint density at radius 2 is 1.89 bits per heavy atom. The van der Waals surface area contributed by atoms with Crippen molar-refractivity contribution in [2.45, 2.75) is 12.6 Å². The summed E-state index contributed by atoms with van der Waals surface area (Å²) in [6, 6.07) is 0.669. The van der Waals surface area contributed by atoms with Crippen LogP contribution in [0, 0.1) is 0 Å². The highest BCUT2D eigenvalue weighted by Gasteiger charge is 2.41. The number of pyridine rings is 1. The molecule has 106 valence electrons. The van der Waals surface area contributed by atoms with Gasteiger partial charge in [-0.15, -0.1) is 0 Å². The number of esters is 1. The van der Waals surface area contributed by atoms with Gasteiger partial charge < -0.3 is 9.47 Å². The first-order valence-corrected chi connectivity index (χ1v) is 4.75. The third-order valence-corrected chi connectivity index (χ3v) is 2.14. The average Bonchev–Trinajstić information content (AvgIpc) is 2.34. The first-order valence-electron chi connectivity index (χ1n) is 4.75. The summed E-state index contributed by atoms with van der Waals surface area (Å²) < 4.78 is 72.2. The molecule has 0 aromatic carbocycles. The molecule has 4 nitrogen and oxygen atoms in total. The molecule has 19 heavy (non-hydrogen) atoms. The third-order valence-electron chi connectivity index (χ3n) is 2.14. The topological polar surface area (TPSA) is 48.4 Å². The fourth-order valence-corrected chi connectivity index (χ4v) is 1.35. The van der Waals surface area contributed by atoms with Gasteiger partial charge in [-0.2, -0.15) is 13.2 Å². The summed E-state index contributed by atoms with van der Waals surface area (Å²) in [5.74, 6) is -1.95. The van der Waals surface area contributed by atoms with Crippen molar-refractivity contribution in [2.24, 2.45) is 0 Å². The van der Waals surface area contributed by atoms with Crippen LogP contribution >= 0.6 is 0 Å². The van der Waals surface area contributed by atoms with Crippen molar-refractivity contribution in [2.75, 3.05) is 14.2 Å². The Balaban J connectivity index is 3.65. The maximum absolute atomic E-state index is 12.8. The molecule has 0 saturated heterocycles. The van der Waals surface area contributed by atoms with E-state index < -0.39 is 41.3 Å². The lowest BCUT2D eigenvalue weighted by molar-refractivity contribution is -0.143. The molecule has 0 radical (unpaired) electrons. The number of halogens is 5. The smallest absolute Gasteiger partial charge is 0.434 e. The van der Waals surface area contributed by atoms with E-state index in [-0.39, 0.29) is 0 Å². The van der Waals surface area contributed by atoms with Crippen molar-refractivity contribution in [3.05, 3.63) is 22.9 Å². The molecule has 1 aromatic heterocycles. The number of carbonyl (C=O) groups is 1. The largest absolute Gasteiger partial charge is 0.481 e. The van der Waals surface area contributed by atoms with Crippen LogP contribution in [0.3, 0.4) is 0 Å². The van der Waals surface area contributed by atoms with Gasteiger partial charge in [0.25, 0.3) is 6.43 Å². The van der Waals surface area contributed by atoms with E-state index in [9.17, 15) is 26.7 Å². The molecule has 0 aliphatic carbocycles. The zero-order valence-corrected chi connectivity index (χ0v) is 9.72. The van der Waals surface area contributed by atoms with Gasteiger partial charge in [0, 0.05) is 6.07 Å². The van der Waals surface area contributed by atoms with Gasteiger partial charge in [-0.1, -0.05) is 0 Å². The molecule has 0 aliphatic heterocycles.